The van der Waals surface area contributed by atoms with E-state index in [2.05, 4.69) is 0 Å². The van der Waals surface area contributed by atoms with Crippen LogP contribution in [0.3, 0.4) is 0 Å². The summed E-state index contributed by atoms with van der Waals surface area (Å²) in [6.07, 6.45) is 0. The lowest BCUT2D eigenvalue weighted by Crippen LogP contribution is -2.35. The lowest BCUT2D eigenvalue weighted by atomic mass is 10.1. The van der Waals surface area contributed by atoms with E-state index in [1.807, 2.05) is 0 Å². The van der Waals surface area contributed by atoms with Gasteiger partial charge in [-0.05, 0) is 24.3 Å². The minimum atomic E-state index is -0.891. The molecule has 0 N–H and O–H groups in total. The summed E-state index contributed by atoms with van der Waals surface area (Å²) in [6, 6.07) is 13.2. The quantitative estimate of drug-likeness (QED) is 0.659. The van der Waals surface area contributed by atoms with Gasteiger partial charge in [0.1, 0.15) is 6.54 Å². The van der Waals surface area contributed by atoms with Crippen molar-refractivity contribution < 1.29 is 19.2 Å². The molecule has 0 spiro atoms. The molecule has 0 saturated carbocycles. The lowest BCUT2D eigenvalue weighted by Gasteiger charge is -2.12. The molecule has 26 heavy (non-hydrogen) atoms. The van der Waals surface area contributed by atoms with Gasteiger partial charge in [0.05, 0.1) is 22.2 Å². The number of amides is 2. The molecule has 2 aromatic carbocycles. The number of carbonyl (C=O) groups excluding carboxylic acids is 3. The van der Waals surface area contributed by atoms with Crippen molar-refractivity contribution in [3.8, 4) is 0 Å². The van der Waals surface area contributed by atoms with Crippen LogP contribution in [0.25, 0.3) is 11.0 Å². The number of benzene rings is 2. The van der Waals surface area contributed by atoms with Crippen molar-refractivity contribution in [2.45, 2.75) is 6.54 Å². The van der Waals surface area contributed by atoms with Gasteiger partial charge in [0, 0.05) is 7.05 Å². The molecule has 1 aromatic heterocycles. The van der Waals surface area contributed by atoms with Crippen LogP contribution in [0.5, 0.6) is 0 Å². The number of rotatable bonds is 3. The molecule has 0 aliphatic carbocycles. The third kappa shape index (κ3) is 2.23. The summed E-state index contributed by atoms with van der Waals surface area (Å²) in [5, 5.41) is 0.434. The summed E-state index contributed by atoms with van der Waals surface area (Å²) in [7, 11) is 1.59. The van der Waals surface area contributed by atoms with Gasteiger partial charge in [0.15, 0.2) is 0 Å². The van der Waals surface area contributed by atoms with Gasteiger partial charge in [0.25, 0.3) is 11.8 Å². The maximum Gasteiger partial charge on any atom is 0.352 e. The molecule has 0 fully saturated rings. The Labute approximate surface area is 146 Å². The number of fused-ring (bicyclic) bond motifs is 2. The number of imide groups is 1. The summed E-state index contributed by atoms with van der Waals surface area (Å²) >= 11 is 0. The first-order chi connectivity index (χ1) is 12.5. The zero-order valence-electron chi connectivity index (χ0n) is 13.7. The number of aryl methyl sites for hydroxylation is 1. The molecule has 8 nitrogen and oxygen atoms in total. The van der Waals surface area contributed by atoms with Crippen LogP contribution in [0.4, 0.5) is 0 Å². The second-order valence-corrected chi connectivity index (χ2v) is 5.83. The Kier molecular flexibility index (Phi) is 3.47. The molecular weight excluding hydrogens is 338 g/mol. The van der Waals surface area contributed by atoms with E-state index in [0.29, 0.717) is 16.1 Å². The highest BCUT2D eigenvalue weighted by molar-refractivity contribution is 6.20. The molecule has 0 radical (unpaired) electrons. The summed E-state index contributed by atoms with van der Waals surface area (Å²) in [4.78, 5) is 54.0. The Morgan fingerprint density at radius 3 is 2.04 bits per heavy atom. The number of nitrogens with zero attached hydrogens (tertiary/aromatic N) is 3. The number of hydrogen-bond acceptors (Lipinski definition) is 5. The van der Waals surface area contributed by atoms with Gasteiger partial charge in [-0.3, -0.25) is 18.7 Å². The third-order valence-electron chi connectivity index (χ3n) is 4.29. The Bertz CT molecular complexity index is 1110. The van der Waals surface area contributed by atoms with Gasteiger partial charge in [-0.15, -0.1) is 0 Å². The second-order valence-electron chi connectivity index (χ2n) is 5.83. The molecule has 0 atom stereocenters. The highest BCUT2D eigenvalue weighted by Crippen LogP contribution is 2.22. The van der Waals surface area contributed by atoms with Gasteiger partial charge >= 0.3 is 11.7 Å². The van der Waals surface area contributed by atoms with Crippen molar-refractivity contribution in [3.63, 3.8) is 0 Å². The molecule has 1 aliphatic heterocycles. The molecule has 2 heterocycles. The predicted molar refractivity (Wildman–Crippen MR) is 90.2 cm³/mol. The number of para-hydroxylation sites is 2. The Morgan fingerprint density at radius 1 is 0.885 bits per heavy atom. The van der Waals surface area contributed by atoms with E-state index in [1.54, 1.807) is 43.4 Å². The summed E-state index contributed by atoms with van der Waals surface area (Å²) in [5.41, 5.74) is 1.16. The minimum absolute atomic E-state index is 0.174. The average molecular weight is 351 g/mol. The molecule has 130 valence electrons. The Balaban J connectivity index is 1.60. The van der Waals surface area contributed by atoms with Crippen LogP contribution in [0.1, 0.15) is 20.7 Å². The Hall–Kier alpha value is -3.68. The van der Waals surface area contributed by atoms with E-state index in [0.717, 1.165) is 0 Å². The molecule has 1 aliphatic rings. The van der Waals surface area contributed by atoms with E-state index in [4.69, 9.17) is 4.84 Å². The molecule has 0 bridgehead atoms. The molecular formula is C18H13N3O5. The number of carbonyl (C=O) groups is 3. The van der Waals surface area contributed by atoms with E-state index >= 15 is 0 Å². The topological polar surface area (TPSA) is 90.6 Å². The fourth-order valence-electron chi connectivity index (χ4n) is 3.03. The average Bonchev–Trinajstić information content (AvgIpc) is 3.03. The highest BCUT2D eigenvalue weighted by Gasteiger charge is 2.38. The zero-order chi connectivity index (χ0) is 18.4. The zero-order valence-corrected chi connectivity index (χ0v) is 13.7. The number of aromatic nitrogens is 2. The maximum atomic E-state index is 12.3. The molecule has 0 saturated heterocycles. The van der Waals surface area contributed by atoms with Gasteiger partial charge < -0.3 is 4.84 Å². The largest absolute Gasteiger partial charge is 0.352 e. The van der Waals surface area contributed by atoms with Gasteiger partial charge in [-0.1, -0.05) is 29.3 Å². The predicted octanol–water partition coefficient (Wildman–Crippen LogP) is 1.09. The summed E-state index contributed by atoms with van der Waals surface area (Å²) < 4.78 is 2.64. The van der Waals surface area contributed by atoms with Gasteiger partial charge in [0.2, 0.25) is 0 Å². The molecule has 2 amide bonds. The van der Waals surface area contributed by atoms with Crippen molar-refractivity contribution in [2.24, 2.45) is 7.05 Å². The maximum absolute atomic E-state index is 12.3. The fraction of sp³-hybridized carbons (Fsp3) is 0.111. The van der Waals surface area contributed by atoms with Crippen molar-refractivity contribution >= 4 is 28.8 Å². The first-order valence-corrected chi connectivity index (χ1v) is 7.82. The smallest absolute Gasteiger partial charge is 0.328 e. The first-order valence-electron chi connectivity index (χ1n) is 7.82. The Morgan fingerprint density at radius 2 is 1.42 bits per heavy atom. The highest BCUT2D eigenvalue weighted by atomic mass is 16.7. The van der Waals surface area contributed by atoms with Crippen molar-refractivity contribution in [2.75, 3.05) is 0 Å². The minimum Gasteiger partial charge on any atom is -0.328 e. The van der Waals surface area contributed by atoms with Gasteiger partial charge in [-0.25, -0.2) is 9.59 Å². The van der Waals surface area contributed by atoms with Crippen LogP contribution in [0, 0.1) is 0 Å². The van der Waals surface area contributed by atoms with Crippen molar-refractivity contribution in [3.05, 3.63) is 70.1 Å². The fourth-order valence-corrected chi connectivity index (χ4v) is 3.03. The lowest BCUT2D eigenvalue weighted by molar-refractivity contribution is -0.169. The van der Waals surface area contributed by atoms with Crippen LogP contribution in [-0.4, -0.2) is 32.0 Å². The monoisotopic (exact) mass is 351 g/mol. The molecule has 4 rings (SSSR count). The van der Waals surface area contributed by atoms with E-state index < -0.39 is 30.0 Å². The van der Waals surface area contributed by atoms with Gasteiger partial charge in [-0.2, -0.15) is 0 Å². The normalized spacial score (nSPS) is 13.3. The van der Waals surface area contributed by atoms with E-state index in [9.17, 15) is 19.2 Å². The molecule has 3 aromatic rings. The van der Waals surface area contributed by atoms with Crippen molar-refractivity contribution in [1.82, 2.24) is 14.2 Å². The van der Waals surface area contributed by atoms with Crippen molar-refractivity contribution in [1.29, 1.82) is 0 Å². The summed E-state index contributed by atoms with van der Waals surface area (Å²) in [5.74, 6) is -2.30. The van der Waals surface area contributed by atoms with Crippen LogP contribution >= 0.6 is 0 Å². The van der Waals surface area contributed by atoms with E-state index in [1.165, 1.54) is 21.3 Å². The number of hydrogen-bond donors (Lipinski definition) is 0. The third-order valence-corrected chi connectivity index (χ3v) is 4.29. The van der Waals surface area contributed by atoms with Crippen LogP contribution in [0.2, 0.25) is 0 Å². The van der Waals surface area contributed by atoms with Crippen LogP contribution < -0.4 is 5.69 Å². The van der Waals surface area contributed by atoms with Crippen LogP contribution in [-0.2, 0) is 23.2 Å². The SMILES string of the molecule is Cn1c(=O)n(CC(=O)ON2C(=O)c3ccccc3C2=O)c2ccccc21. The van der Waals surface area contributed by atoms with Crippen LogP contribution in [0.15, 0.2) is 53.3 Å². The standard InChI is InChI=1S/C18H13N3O5/c1-19-13-8-4-5-9-14(13)20(18(19)25)10-15(22)26-21-16(23)11-6-2-3-7-12(11)17(21)24/h2-9H,10H2,1H3. The molecule has 8 heteroatoms. The number of imidazole rings is 1. The number of hydroxylamine groups is 2. The van der Waals surface area contributed by atoms with E-state index in [-0.39, 0.29) is 11.1 Å². The summed E-state index contributed by atoms with van der Waals surface area (Å²) in [6.45, 7) is -0.423. The second kappa shape index (κ2) is 5.69. The first kappa shape index (κ1) is 15.8. The molecule has 0 unspecified atom stereocenters.